The molecule has 10 nitrogen and oxygen atoms in total. The van der Waals surface area contributed by atoms with Crippen LogP contribution >= 0.6 is 0 Å². The van der Waals surface area contributed by atoms with Crippen LogP contribution in [0, 0.1) is 0 Å². The fraction of sp³-hybridized carbons (Fsp3) is 0.259. The SMILES string of the molecule is COC(=O)c1ccc(C2C(=C(O)c3ccc4c(c3)OCCO4)C(=O)C(=O)N2CCC[n+]2cc[nH]c2)cc1. The van der Waals surface area contributed by atoms with E-state index in [1.165, 1.54) is 12.0 Å². The quantitative estimate of drug-likeness (QED) is 0.167. The average Bonchev–Trinajstić information content (AvgIpc) is 3.54. The standard InChI is InChI=1S/C27H25N3O7/c1-35-27(34)18-5-3-17(4-6-18)23-22(24(31)19-7-8-20-21(15-19)37-14-13-36-20)25(32)26(33)30(23)11-2-10-29-12-9-28-16-29/h3-9,12,15-16,23H,2,10-11,13-14H2,1H3,(H,31,32)/p+1. The Labute approximate surface area is 212 Å². The van der Waals surface area contributed by atoms with Crippen molar-refractivity contribution in [3.8, 4) is 11.5 Å². The number of amides is 1. The molecule has 0 aliphatic carbocycles. The van der Waals surface area contributed by atoms with Gasteiger partial charge in [0, 0.05) is 18.5 Å². The van der Waals surface area contributed by atoms with E-state index in [2.05, 4.69) is 4.98 Å². The summed E-state index contributed by atoms with van der Waals surface area (Å²) in [7, 11) is 1.29. The van der Waals surface area contributed by atoms with Gasteiger partial charge in [0.15, 0.2) is 11.5 Å². The molecule has 0 bridgehead atoms. The summed E-state index contributed by atoms with van der Waals surface area (Å²) in [5, 5.41) is 11.3. The maximum atomic E-state index is 13.3. The van der Waals surface area contributed by atoms with Crippen LogP contribution in [0.25, 0.3) is 5.76 Å². The molecule has 1 amide bonds. The van der Waals surface area contributed by atoms with E-state index in [4.69, 9.17) is 14.2 Å². The van der Waals surface area contributed by atoms with Gasteiger partial charge in [0.05, 0.1) is 30.8 Å². The normalized spacial score (nSPS) is 18.2. The van der Waals surface area contributed by atoms with Gasteiger partial charge in [0.2, 0.25) is 6.33 Å². The number of nitrogens with one attached hydrogen (secondary N) is 1. The summed E-state index contributed by atoms with van der Waals surface area (Å²) in [4.78, 5) is 42.8. The maximum Gasteiger partial charge on any atom is 0.337 e. The van der Waals surface area contributed by atoms with Crippen LogP contribution in [0.4, 0.5) is 0 Å². The summed E-state index contributed by atoms with van der Waals surface area (Å²) >= 11 is 0. The second kappa shape index (κ2) is 10.2. The Balaban J connectivity index is 1.53. The zero-order valence-corrected chi connectivity index (χ0v) is 20.2. The number of esters is 1. The number of aliphatic hydroxyl groups excluding tert-OH is 1. The molecule has 1 unspecified atom stereocenters. The van der Waals surface area contributed by atoms with Crippen LogP contribution in [-0.4, -0.2) is 59.5 Å². The van der Waals surface area contributed by atoms with Crippen LogP contribution in [0.5, 0.6) is 11.5 Å². The zero-order valence-electron chi connectivity index (χ0n) is 20.2. The molecule has 1 atom stereocenters. The molecule has 10 heteroatoms. The van der Waals surface area contributed by atoms with Crippen LogP contribution in [-0.2, 0) is 20.9 Å². The lowest BCUT2D eigenvalue weighted by Gasteiger charge is -2.25. The molecule has 0 saturated carbocycles. The van der Waals surface area contributed by atoms with E-state index in [-0.39, 0.29) is 17.9 Å². The molecule has 37 heavy (non-hydrogen) atoms. The number of imidazole rings is 1. The molecule has 2 aromatic carbocycles. The minimum Gasteiger partial charge on any atom is -0.507 e. The second-order valence-corrected chi connectivity index (χ2v) is 8.67. The third-order valence-electron chi connectivity index (χ3n) is 6.42. The number of carbonyl (C=O) groups excluding carboxylic acids is 3. The van der Waals surface area contributed by atoms with Crippen molar-refractivity contribution in [1.29, 1.82) is 0 Å². The molecule has 3 heterocycles. The summed E-state index contributed by atoms with van der Waals surface area (Å²) < 4.78 is 17.9. The number of hydrogen-bond donors (Lipinski definition) is 2. The number of benzene rings is 2. The number of aryl methyl sites for hydroxylation is 1. The van der Waals surface area contributed by atoms with Gasteiger partial charge in [-0.3, -0.25) is 14.6 Å². The number of aromatic nitrogens is 2. The number of nitrogens with zero attached hydrogens (tertiary/aromatic N) is 2. The van der Waals surface area contributed by atoms with E-state index in [0.29, 0.717) is 54.4 Å². The molecule has 1 fully saturated rings. The second-order valence-electron chi connectivity index (χ2n) is 8.67. The lowest BCUT2D eigenvalue weighted by molar-refractivity contribution is -0.695. The Morgan fingerprint density at radius 1 is 1.11 bits per heavy atom. The number of likely N-dealkylation sites (tertiary alicyclic amines) is 1. The number of methoxy groups -OCH3 is 1. The number of Topliss-reactive ketones (excluding diaryl/α,β-unsaturated/α-hetero) is 1. The van der Waals surface area contributed by atoms with E-state index < -0.39 is 23.7 Å². The first-order valence-corrected chi connectivity index (χ1v) is 11.9. The third kappa shape index (κ3) is 4.65. The summed E-state index contributed by atoms with van der Waals surface area (Å²) in [6.07, 6.45) is 6.05. The van der Waals surface area contributed by atoms with E-state index in [0.717, 1.165) is 0 Å². The first-order valence-electron chi connectivity index (χ1n) is 11.9. The Bertz CT molecular complexity index is 1360. The monoisotopic (exact) mass is 504 g/mol. The highest BCUT2D eigenvalue weighted by molar-refractivity contribution is 6.46. The van der Waals surface area contributed by atoms with Crippen molar-refractivity contribution in [2.75, 3.05) is 26.9 Å². The number of aromatic amines is 1. The first kappa shape index (κ1) is 24.1. The molecule has 190 valence electrons. The number of carbonyl (C=O) groups is 3. The van der Waals surface area contributed by atoms with Crippen molar-refractivity contribution in [3.05, 3.63) is 83.4 Å². The minimum absolute atomic E-state index is 0.0261. The van der Waals surface area contributed by atoms with E-state index in [1.807, 2.05) is 10.8 Å². The first-order chi connectivity index (χ1) is 18.0. The number of ether oxygens (including phenoxy) is 3. The van der Waals surface area contributed by atoms with E-state index in [1.54, 1.807) is 55.0 Å². The molecular weight excluding hydrogens is 478 g/mol. The Morgan fingerprint density at radius 2 is 1.84 bits per heavy atom. The lowest BCUT2D eigenvalue weighted by Crippen LogP contribution is -2.36. The van der Waals surface area contributed by atoms with Crippen LogP contribution in [0.3, 0.4) is 0 Å². The summed E-state index contributed by atoms with van der Waals surface area (Å²) in [6, 6.07) is 10.5. The lowest BCUT2D eigenvalue weighted by atomic mass is 9.94. The molecule has 2 N–H and O–H groups in total. The largest absolute Gasteiger partial charge is 0.507 e. The van der Waals surface area contributed by atoms with Crippen molar-refractivity contribution in [1.82, 2.24) is 9.88 Å². The molecule has 1 aromatic heterocycles. The van der Waals surface area contributed by atoms with Crippen LogP contribution in [0.1, 0.15) is 33.9 Å². The molecular formula is C27H26N3O7+. The molecule has 2 aliphatic rings. The maximum absolute atomic E-state index is 13.3. The van der Waals surface area contributed by atoms with Crippen molar-refractivity contribution < 1.29 is 38.3 Å². The topological polar surface area (TPSA) is 122 Å². The van der Waals surface area contributed by atoms with E-state index in [9.17, 15) is 19.5 Å². The predicted octanol–water partition coefficient (Wildman–Crippen LogP) is 2.37. The summed E-state index contributed by atoms with van der Waals surface area (Å²) in [5.74, 6) is -1.28. The number of rotatable bonds is 7. The number of ketones is 1. The van der Waals surface area contributed by atoms with E-state index >= 15 is 0 Å². The molecule has 0 radical (unpaired) electrons. The highest BCUT2D eigenvalue weighted by Gasteiger charge is 2.46. The van der Waals surface area contributed by atoms with Gasteiger partial charge in [-0.2, -0.15) is 0 Å². The minimum atomic E-state index is -0.837. The average molecular weight is 505 g/mol. The highest BCUT2D eigenvalue weighted by Crippen LogP contribution is 2.41. The van der Waals surface area contributed by atoms with Crippen molar-refractivity contribution in [3.63, 3.8) is 0 Å². The van der Waals surface area contributed by atoms with Gasteiger partial charge in [-0.15, -0.1) is 0 Å². The Hall–Kier alpha value is -4.60. The fourth-order valence-electron chi connectivity index (χ4n) is 4.61. The van der Waals surface area contributed by atoms with Crippen LogP contribution in [0.15, 0.2) is 66.8 Å². The molecule has 3 aromatic rings. The van der Waals surface area contributed by atoms with Gasteiger partial charge in [-0.05, 0) is 35.9 Å². The van der Waals surface area contributed by atoms with Crippen LogP contribution in [0.2, 0.25) is 0 Å². The van der Waals surface area contributed by atoms with Gasteiger partial charge >= 0.3 is 5.97 Å². The van der Waals surface area contributed by atoms with Gasteiger partial charge in [0.25, 0.3) is 11.7 Å². The number of hydrogen-bond acceptors (Lipinski definition) is 7. The fourth-order valence-corrected chi connectivity index (χ4v) is 4.61. The molecule has 0 spiro atoms. The van der Waals surface area contributed by atoms with Gasteiger partial charge in [0.1, 0.15) is 31.4 Å². The van der Waals surface area contributed by atoms with Crippen LogP contribution < -0.4 is 14.0 Å². The zero-order chi connectivity index (χ0) is 25.9. The summed E-state index contributed by atoms with van der Waals surface area (Å²) in [6.45, 7) is 1.70. The van der Waals surface area contributed by atoms with Gasteiger partial charge in [-0.1, -0.05) is 12.1 Å². The predicted molar refractivity (Wildman–Crippen MR) is 130 cm³/mol. The third-order valence-corrected chi connectivity index (χ3v) is 6.42. The molecule has 1 saturated heterocycles. The van der Waals surface area contributed by atoms with Gasteiger partial charge in [-0.25, -0.2) is 9.36 Å². The summed E-state index contributed by atoms with van der Waals surface area (Å²) in [5.41, 5.74) is 1.22. The van der Waals surface area contributed by atoms with Crippen molar-refractivity contribution in [2.24, 2.45) is 0 Å². The molecule has 2 aliphatic heterocycles. The van der Waals surface area contributed by atoms with Gasteiger partial charge < -0.3 is 24.2 Å². The molecule has 5 rings (SSSR count). The smallest absolute Gasteiger partial charge is 0.337 e. The number of fused-ring (bicyclic) bond motifs is 1. The number of H-pyrrole nitrogens is 1. The van der Waals surface area contributed by atoms with Crippen molar-refractivity contribution in [2.45, 2.75) is 19.0 Å². The Morgan fingerprint density at radius 3 is 2.54 bits per heavy atom. The van der Waals surface area contributed by atoms with Crippen molar-refractivity contribution >= 4 is 23.4 Å². The Kier molecular flexibility index (Phi) is 6.63. The highest BCUT2D eigenvalue weighted by atomic mass is 16.6. The number of aliphatic hydroxyl groups is 1.